The van der Waals surface area contributed by atoms with Gasteiger partial charge in [-0.25, -0.2) is 0 Å². The second-order valence-corrected chi connectivity index (χ2v) is 4.95. The molecule has 1 aliphatic rings. The van der Waals surface area contributed by atoms with Gasteiger partial charge in [-0.2, -0.15) is 0 Å². The summed E-state index contributed by atoms with van der Waals surface area (Å²) in [6.07, 6.45) is 4.10. The third-order valence-corrected chi connectivity index (χ3v) is 3.74. The Morgan fingerprint density at radius 2 is 2.11 bits per heavy atom. The van der Waals surface area contributed by atoms with Gasteiger partial charge in [-0.15, -0.1) is 0 Å². The second kappa shape index (κ2) is 6.53. The Labute approximate surface area is 114 Å². The maximum absolute atomic E-state index is 11.0. The van der Waals surface area contributed by atoms with Crippen LogP contribution in [0.3, 0.4) is 0 Å². The normalized spacial score (nSPS) is 22.4. The number of piperidine rings is 1. The molecule has 102 valence electrons. The fourth-order valence-corrected chi connectivity index (χ4v) is 2.55. The molecule has 1 aliphatic heterocycles. The minimum absolute atomic E-state index is 0.122. The van der Waals surface area contributed by atoms with Crippen molar-refractivity contribution >= 4 is 6.29 Å². The molecule has 0 aliphatic carbocycles. The van der Waals surface area contributed by atoms with Crippen molar-refractivity contribution in [2.45, 2.75) is 19.9 Å². The highest BCUT2D eigenvalue weighted by Gasteiger charge is 2.22. The first-order valence-electron chi connectivity index (χ1n) is 6.72. The number of benzene rings is 1. The van der Waals surface area contributed by atoms with Gasteiger partial charge in [0.2, 0.25) is 0 Å². The largest absolute Gasteiger partial charge is 0.497 e. The highest BCUT2D eigenvalue weighted by Crippen LogP contribution is 2.23. The van der Waals surface area contributed by atoms with Crippen LogP contribution in [0.4, 0.5) is 0 Å². The monoisotopic (exact) mass is 259 g/mol. The van der Waals surface area contributed by atoms with E-state index in [2.05, 4.69) is 23.1 Å². The van der Waals surface area contributed by atoms with E-state index in [1.165, 1.54) is 11.1 Å². The molecule has 3 nitrogen and oxygen atoms in total. The van der Waals surface area contributed by atoms with E-state index in [0.717, 1.165) is 38.1 Å². The van der Waals surface area contributed by atoms with Crippen LogP contribution < -0.4 is 4.74 Å². The SMILES string of the molecule is C/C=C1/CN(Cc2ccc(OC)cc2)CC[C@@H]1C=O. The van der Waals surface area contributed by atoms with Crippen molar-refractivity contribution in [3.63, 3.8) is 0 Å². The molecular weight excluding hydrogens is 238 g/mol. The molecule has 1 aromatic carbocycles. The lowest BCUT2D eigenvalue weighted by Gasteiger charge is -2.32. The molecule has 0 bridgehead atoms. The third-order valence-electron chi connectivity index (χ3n) is 3.74. The number of aldehydes is 1. The van der Waals surface area contributed by atoms with Gasteiger partial charge in [0.25, 0.3) is 0 Å². The van der Waals surface area contributed by atoms with E-state index in [1.54, 1.807) is 7.11 Å². The number of methoxy groups -OCH3 is 1. The van der Waals surface area contributed by atoms with Crippen LogP contribution in [0.1, 0.15) is 18.9 Å². The Morgan fingerprint density at radius 3 is 2.68 bits per heavy atom. The Bertz CT molecular complexity index is 450. The Morgan fingerprint density at radius 1 is 1.37 bits per heavy atom. The van der Waals surface area contributed by atoms with Gasteiger partial charge in [0.1, 0.15) is 12.0 Å². The number of hydrogen-bond acceptors (Lipinski definition) is 3. The van der Waals surface area contributed by atoms with E-state index in [4.69, 9.17) is 4.74 Å². The lowest BCUT2D eigenvalue weighted by atomic mass is 9.92. The number of nitrogens with zero attached hydrogens (tertiary/aromatic N) is 1. The van der Waals surface area contributed by atoms with Gasteiger partial charge >= 0.3 is 0 Å². The second-order valence-electron chi connectivity index (χ2n) is 4.95. The molecule has 0 spiro atoms. The molecule has 0 amide bonds. The number of hydrogen-bond donors (Lipinski definition) is 0. The summed E-state index contributed by atoms with van der Waals surface area (Å²) in [5.74, 6) is 1.01. The summed E-state index contributed by atoms with van der Waals surface area (Å²) in [5, 5.41) is 0. The average Bonchev–Trinajstić information content (AvgIpc) is 2.48. The van der Waals surface area contributed by atoms with Crippen molar-refractivity contribution in [3.05, 3.63) is 41.5 Å². The van der Waals surface area contributed by atoms with Crippen LogP contribution in [0.25, 0.3) is 0 Å². The summed E-state index contributed by atoms with van der Waals surface area (Å²) in [4.78, 5) is 13.4. The molecule has 0 aromatic heterocycles. The Kier molecular flexibility index (Phi) is 4.74. The number of allylic oxidation sites excluding steroid dienone is 1. The van der Waals surface area contributed by atoms with Gasteiger partial charge in [-0.3, -0.25) is 4.90 Å². The van der Waals surface area contributed by atoms with Gasteiger partial charge in [-0.05, 0) is 37.6 Å². The molecule has 1 saturated heterocycles. The number of carbonyl (C=O) groups is 1. The van der Waals surface area contributed by atoms with Crippen LogP contribution in [0, 0.1) is 5.92 Å². The summed E-state index contributed by atoms with van der Waals surface area (Å²) in [6, 6.07) is 8.17. The van der Waals surface area contributed by atoms with Gasteiger partial charge in [-0.1, -0.05) is 23.8 Å². The molecule has 3 heteroatoms. The topological polar surface area (TPSA) is 29.5 Å². The standard InChI is InChI=1S/C16H21NO2/c1-3-14-11-17(9-8-15(14)12-18)10-13-4-6-16(19-2)7-5-13/h3-7,12,15H,8-11H2,1-2H3/b14-3-/t15-/m1/s1. The summed E-state index contributed by atoms with van der Waals surface area (Å²) < 4.78 is 5.16. The Hall–Kier alpha value is -1.61. The minimum Gasteiger partial charge on any atom is -0.497 e. The molecule has 2 rings (SSSR count). The lowest BCUT2D eigenvalue weighted by molar-refractivity contribution is -0.110. The van der Waals surface area contributed by atoms with Crippen molar-refractivity contribution in [1.82, 2.24) is 4.90 Å². The van der Waals surface area contributed by atoms with E-state index < -0.39 is 0 Å². The van der Waals surface area contributed by atoms with Crippen LogP contribution in [0.15, 0.2) is 35.9 Å². The predicted octanol–water partition coefficient (Wildman–Crippen LogP) is 2.66. The molecular formula is C16H21NO2. The van der Waals surface area contributed by atoms with E-state index in [-0.39, 0.29) is 5.92 Å². The van der Waals surface area contributed by atoms with E-state index in [9.17, 15) is 4.79 Å². The van der Waals surface area contributed by atoms with Crippen LogP contribution in [0.5, 0.6) is 5.75 Å². The van der Waals surface area contributed by atoms with Crippen molar-refractivity contribution < 1.29 is 9.53 Å². The first kappa shape index (κ1) is 13.8. The van der Waals surface area contributed by atoms with E-state index >= 15 is 0 Å². The molecule has 1 fully saturated rings. The summed E-state index contributed by atoms with van der Waals surface area (Å²) >= 11 is 0. The zero-order valence-corrected chi connectivity index (χ0v) is 11.6. The predicted molar refractivity (Wildman–Crippen MR) is 76.2 cm³/mol. The Balaban J connectivity index is 1.98. The zero-order chi connectivity index (χ0) is 13.7. The number of ether oxygens (including phenoxy) is 1. The van der Waals surface area contributed by atoms with Gasteiger partial charge in [0.15, 0.2) is 0 Å². The van der Waals surface area contributed by atoms with Crippen molar-refractivity contribution in [2.24, 2.45) is 5.92 Å². The van der Waals surface area contributed by atoms with Gasteiger partial charge < -0.3 is 9.53 Å². The highest BCUT2D eigenvalue weighted by atomic mass is 16.5. The minimum atomic E-state index is 0.122. The molecule has 0 saturated carbocycles. The summed E-state index contributed by atoms with van der Waals surface area (Å²) in [7, 11) is 1.68. The first-order valence-corrected chi connectivity index (χ1v) is 6.72. The fraction of sp³-hybridized carbons (Fsp3) is 0.438. The van der Waals surface area contributed by atoms with E-state index in [1.807, 2.05) is 19.1 Å². The van der Waals surface area contributed by atoms with Crippen LogP contribution in [-0.2, 0) is 11.3 Å². The third kappa shape index (κ3) is 3.44. The number of likely N-dealkylation sites (tertiary alicyclic amines) is 1. The van der Waals surface area contributed by atoms with Crippen LogP contribution in [0.2, 0.25) is 0 Å². The molecule has 1 heterocycles. The number of carbonyl (C=O) groups excluding carboxylic acids is 1. The smallest absolute Gasteiger partial charge is 0.127 e. The molecule has 0 N–H and O–H groups in total. The maximum atomic E-state index is 11.0. The number of rotatable bonds is 4. The maximum Gasteiger partial charge on any atom is 0.127 e. The lowest BCUT2D eigenvalue weighted by Crippen LogP contribution is -2.35. The van der Waals surface area contributed by atoms with Crippen molar-refractivity contribution in [3.8, 4) is 5.75 Å². The average molecular weight is 259 g/mol. The van der Waals surface area contributed by atoms with Gasteiger partial charge in [0, 0.05) is 19.0 Å². The van der Waals surface area contributed by atoms with Crippen LogP contribution >= 0.6 is 0 Å². The van der Waals surface area contributed by atoms with Crippen molar-refractivity contribution in [1.29, 1.82) is 0 Å². The molecule has 1 aromatic rings. The quantitative estimate of drug-likeness (QED) is 0.615. The molecule has 19 heavy (non-hydrogen) atoms. The van der Waals surface area contributed by atoms with E-state index in [0.29, 0.717) is 0 Å². The zero-order valence-electron chi connectivity index (χ0n) is 11.6. The highest BCUT2D eigenvalue weighted by molar-refractivity contribution is 5.59. The molecule has 0 unspecified atom stereocenters. The first-order chi connectivity index (χ1) is 9.26. The van der Waals surface area contributed by atoms with Crippen LogP contribution in [-0.4, -0.2) is 31.4 Å². The van der Waals surface area contributed by atoms with Crippen molar-refractivity contribution in [2.75, 3.05) is 20.2 Å². The summed E-state index contributed by atoms with van der Waals surface area (Å²) in [6.45, 7) is 4.81. The fourth-order valence-electron chi connectivity index (χ4n) is 2.55. The summed E-state index contributed by atoms with van der Waals surface area (Å²) in [5.41, 5.74) is 2.52. The molecule has 0 radical (unpaired) electrons. The molecule has 1 atom stereocenters. The van der Waals surface area contributed by atoms with Gasteiger partial charge in [0.05, 0.1) is 7.11 Å².